The molecule has 18 heavy (non-hydrogen) atoms. The molecule has 0 radical (unpaired) electrons. The van der Waals surface area contributed by atoms with Crippen LogP contribution in [0.25, 0.3) is 0 Å². The molecular weight excluding hydrogens is 242 g/mol. The Bertz CT molecular complexity index is 473. The van der Waals surface area contributed by atoms with Crippen LogP contribution >= 0.6 is 11.3 Å². The molecule has 98 valence electrons. The zero-order chi connectivity index (χ0) is 13.0. The molecule has 0 aliphatic carbocycles. The summed E-state index contributed by atoms with van der Waals surface area (Å²) < 4.78 is 2.11. The summed E-state index contributed by atoms with van der Waals surface area (Å²) in [5.74, 6) is 0. The number of nitrogens with one attached hydrogen (secondary N) is 1. The smallest absolute Gasteiger partial charge is 0.0597 e. The second-order valence-corrected chi connectivity index (χ2v) is 5.45. The van der Waals surface area contributed by atoms with Crippen molar-refractivity contribution in [3.63, 3.8) is 0 Å². The van der Waals surface area contributed by atoms with Gasteiger partial charge in [0, 0.05) is 17.8 Å². The minimum absolute atomic E-state index is 0.356. The monoisotopic (exact) mass is 263 g/mol. The van der Waals surface area contributed by atoms with Gasteiger partial charge in [-0.1, -0.05) is 13.0 Å². The van der Waals surface area contributed by atoms with Crippen LogP contribution in [0.2, 0.25) is 0 Å². The second-order valence-electron chi connectivity index (χ2n) is 4.42. The lowest BCUT2D eigenvalue weighted by atomic mass is 10.1. The van der Waals surface area contributed by atoms with Crippen LogP contribution in [-0.2, 0) is 13.0 Å². The van der Waals surface area contributed by atoms with Crippen LogP contribution in [0.1, 0.15) is 36.2 Å². The van der Waals surface area contributed by atoms with Crippen LogP contribution in [-0.4, -0.2) is 16.3 Å². The number of hydrogen-bond donors (Lipinski definition) is 1. The van der Waals surface area contributed by atoms with Crippen molar-refractivity contribution in [2.24, 2.45) is 0 Å². The number of thiophene rings is 1. The van der Waals surface area contributed by atoms with Gasteiger partial charge in [0.25, 0.3) is 0 Å². The summed E-state index contributed by atoms with van der Waals surface area (Å²) in [6, 6.07) is 6.87. The lowest BCUT2D eigenvalue weighted by Gasteiger charge is -2.18. The average Bonchev–Trinajstić information content (AvgIpc) is 2.97. The van der Waals surface area contributed by atoms with Gasteiger partial charge in [-0.2, -0.15) is 5.10 Å². The molecule has 0 amide bonds. The molecule has 0 bridgehead atoms. The standard InChI is InChI=1S/C14H21N3S/c1-4-15-13(10-12-7-6-8-18-12)14-9-11(3)16-17(14)5-2/h6-9,13,15H,4-5,10H2,1-3H3. The first-order chi connectivity index (χ1) is 8.74. The molecule has 0 spiro atoms. The van der Waals surface area contributed by atoms with Crippen molar-refractivity contribution in [3.8, 4) is 0 Å². The van der Waals surface area contributed by atoms with E-state index in [1.165, 1.54) is 10.6 Å². The van der Waals surface area contributed by atoms with Gasteiger partial charge >= 0.3 is 0 Å². The topological polar surface area (TPSA) is 29.9 Å². The largest absolute Gasteiger partial charge is 0.309 e. The molecule has 1 unspecified atom stereocenters. The van der Waals surface area contributed by atoms with Crippen LogP contribution in [0.3, 0.4) is 0 Å². The Hall–Kier alpha value is -1.13. The third-order valence-corrected chi connectivity index (χ3v) is 3.92. The van der Waals surface area contributed by atoms with E-state index in [-0.39, 0.29) is 0 Å². The van der Waals surface area contributed by atoms with Crippen LogP contribution < -0.4 is 5.32 Å². The molecule has 0 aromatic carbocycles. The Labute approximate surface area is 113 Å². The number of hydrogen-bond acceptors (Lipinski definition) is 3. The summed E-state index contributed by atoms with van der Waals surface area (Å²) in [6.45, 7) is 8.26. The molecule has 0 aliphatic heterocycles. The minimum Gasteiger partial charge on any atom is -0.309 e. The molecular formula is C14H21N3S. The van der Waals surface area contributed by atoms with E-state index >= 15 is 0 Å². The van der Waals surface area contributed by atoms with Gasteiger partial charge < -0.3 is 5.32 Å². The lowest BCUT2D eigenvalue weighted by Crippen LogP contribution is -2.25. The van der Waals surface area contributed by atoms with Crippen molar-refractivity contribution in [1.29, 1.82) is 0 Å². The molecule has 1 N–H and O–H groups in total. The molecule has 2 aromatic rings. The highest BCUT2D eigenvalue weighted by molar-refractivity contribution is 7.09. The summed E-state index contributed by atoms with van der Waals surface area (Å²) >= 11 is 1.82. The van der Waals surface area contributed by atoms with Gasteiger partial charge in [-0.05, 0) is 37.9 Å². The van der Waals surface area contributed by atoms with Gasteiger partial charge in [0.1, 0.15) is 0 Å². The Morgan fingerprint density at radius 3 is 2.89 bits per heavy atom. The third kappa shape index (κ3) is 3.00. The lowest BCUT2D eigenvalue weighted by molar-refractivity contribution is 0.492. The summed E-state index contributed by atoms with van der Waals surface area (Å²) in [5.41, 5.74) is 2.39. The molecule has 2 aromatic heterocycles. The fourth-order valence-corrected chi connectivity index (χ4v) is 3.01. The maximum atomic E-state index is 4.54. The fourth-order valence-electron chi connectivity index (χ4n) is 2.26. The summed E-state index contributed by atoms with van der Waals surface area (Å²) in [5, 5.41) is 10.3. The summed E-state index contributed by atoms with van der Waals surface area (Å²) in [4.78, 5) is 1.42. The van der Waals surface area contributed by atoms with Gasteiger partial charge in [0.2, 0.25) is 0 Å². The number of aromatic nitrogens is 2. The summed E-state index contributed by atoms with van der Waals surface area (Å²) in [7, 11) is 0. The Kier molecular flexibility index (Phi) is 4.55. The Morgan fingerprint density at radius 1 is 1.44 bits per heavy atom. The van der Waals surface area contributed by atoms with Crippen molar-refractivity contribution in [1.82, 2.24) is 15.1 Å². The normalized spacial score (nSPS) is 12.8. The van der Waals surface area contributed by atoms with E-state index in [1.54, 1.807) is 0 Å². The highest BCUT2D eigenvalue weighted by Crippen LogP contribution is 2.22. The van der Waals surface area contributed by atoms with Crippen molar-refractivity contribution >= 4 is 11.3 Å². The predicted molar refractivity (Wildman–Crippen MR) is 77.1 cm³/mol. The minimum atomic E-state index is 0.356. The van der Waals surface area contributed by atoms with E-state index in [4.69, 9.17) is 0 Å². The van der Waals surface area contributed by atoms with Crippen molar-refractivity contribution in [2.75, 3.05) is 6.54 Å². The quantitative estimate of drug-likeness (QED) is 0.867. The first-order valence-corrected chi connectivity index (χ1v) is 7.42. The fraction of sp³-hybridized carbons (Fsp3) is 0.500. The SMILES string of the molecule is CCNC(Cc1cccs1)c1cc(C)nn1CC. The Morgan fingerprint density at radius 2 is 2.28 bits per heavy atom. The first-order valence-electron chi connectivity index (χ1n) is 6.54. The van der Waals surface area contributed by atoms with Gasteiger partial charge in [0.05, 0.1) is 17.4 Å². The van der Waals surface area contributed by atoms with Crippen molar-refractivity contribution in [2.45, 2.75) is 39.8 Å². The molecule has 2 rings (SSSR count). The summed E-state index contributed by atoms with van der Waals surface area (Å²) in [6.07, 6.45) is 1.04. The van der Waals surface area contributed by atoms with E-state index in [2.05, 4.69) is 59.4 Å². The van der Waals surface area contributed by atoms with Crippen LogP contribution in [0.4, 0.5) is 0 Å². The molecule has 4 heteroatoms. The third-order valence-electron chi connectivity index (χ3n) is 3.03. The molecule has 0 fully saturated rings. The molecule has 1 atom stereocenters. The number of likely N-dealkylation sites (N-methyl/N-ethyl adjacent to an activating group) is 1. The van der Waals surface area contributed by atoms with E-state index < -0.39 is 0 Å². The van der Waals surface area contributed by atoms with Gasteiger partial charge in [-0.15, -0.1) is 11.3 Å². The van der Waals surface area contributed by atoms with Crippen LogP contribution in [0, 0.1) is 6.92 Å². The van der Waals surface area contributed by atoms with E-state index in [9.17, 15) is 0 Å². The van der Waals surface area contributed by atoms with Crippen molar-refractivity contribution < 1.29 is 0 Å². The molecule has 0 saturated heterocycles. The molecule has 2 heterocycles. The maximum absolute atomic E-state index is 4.54. The van der Waals surface area contributed by atoms with Crippen LogP contribution in [0.15, 0.2) is 23.6 Å². The molecule has 3 nitrogen and oxygen atoms in total. The number of nitrogens with zero attached hydrogens (tertiary/aromatic N) is 2. The number of aryl methyl sites for hydroxylation is 2. The molecule has 0 saturated carbocycles. The van der Waals surface area contributed by atoms with Crippen molar-refractivity contribution in [3.05, 3.63) is 39.8 Å². The van der Waals surface area contributed by atoms with Gasteiger partial charge in [-0.25, -0.2) is 0 Å². The van der Waals surface area contributed by atoms with E-state index in [0.717, 1.165) is 25.2 Å². The highest BCUT2D eigenvalue weighted by atomic mass is 32.1. The number of rotatable bonds is 6. The first kappa shape index (κ1) is 13.3. The van der Waals surface area contributed by atoms with Gasteiger partial charge in [-0.3, -0.25) is 4.68 Å². The Balaban J connectivity index is 2.22. The van der Waals surface area contributed by atoms with Crippen LogP contribution in [0.5, 0.6) is 0 Å². The zero-order valence-corrected chi connectivity index (χ0v) is 12.1. The zero-order valence-electron chi connectivity index (χ0n) is 11.3. The average molecular weight is 263 g/mol. The van der Waals surface area contributed by atoms with E-state index in [0.29, 0.717) is 6.04 Å². The van der Waals surface area contributed by atoms with E-state index in [1.807, 2.05) is 11.3 Å². The maximum Gasteiger partial charge on any atom is 0.0597 e. The second kappa shape index (κ2) is 6.16. The van der Waals surface area contributed by atoms with Gasteiger partial charge in [0.15, 0.2) is 0 Å². The predicted octanol–water partition coefficient (Wildman–Crippen LogP) is 3.17. The molecule has 0 aliphatic rings. The highest BCUT2D eigenvalue weighted by Gasteiger charge is 2.17.